The number of hydrogen-bond acceptors (Lipinski definition) is 7. The molecule has 7 nitrogen and oxygen atoms in total. The monoisotopic (exact) mass is 671 g/mol. The summed E-state index contributed by atoms with van der Waals surface area (Å²) in [4.78, 5) is 0. The molecule has 280 valence electrons. The molecule has 0 aromatic heterocycles. The molecular formula is C40H78O7. The summed E-state index contributed by atoms with van der Waals surface area (Å²) in [6.07, 6.45) is 28.6. The van der Waals surface area contributed by atoms with Crippen LogP contribution in [0, 0.1) is 0 Å². The summed E-state index contributed by atoms with van der Waals surface area (Å²) >= 11 is 0. The molecule has 0 spiro atoms. The Kier molecular flexibility index (Phi) is 37.4. The predicted molar refractivity (Wildman–Crippen MR) is 197 cm³/mol. The molecule has 0 fully saturated rings. The molecule has 0 aromatic rings. The van der Waals surface area contributed by atoms with Gasteiger partial charge in [0.1, 0.15) is 0 Å². The molecule has 0 aliphatic heterocycles. The van der Waals surface area contributed by atoms with Gasteiger partial charge in [0.25, 0.3) is 0 Å². The molecule has 0 saturated heterocycles. The van der Waals surface area contributed by atoms with Gasteiger partial charge in [-0.1, -0.05) is 92.2 Å². The van der Waals surface area contributed by atoms with Gasteiger partial charge >= 0.3 is 0 Å². The number of unbranched alkanes of at least 4 members (excludes halogenated alkanes) is 10. The molecule has 0 N–H and O–H groups in total. The Balaban J connectivity index is 4.90. The van der Waals surface area contributed by atoms with E-state index in [4.69, 9.17) is 33.2 Å². The van der Waals surface area contributed by atoms with E-state index in [-0.39, 0.29) is 12.6 Å². The largest absolute Gasteiger partial charge is 0.353 e. The predicted octanol–water partition coefficient (Wildman–Crippen LogP) is 11.4. The molecule has 2 unspecified atom stereocenters. The molecule has 0 amide bonds. The van der Waals surface area contributed by atoms with Gasteiger partial charge in [-0.3, -0.25) is 0 Å². The average Bonchev–Trinajstić information content (AvgIpc) is 3.07. The van der Waals surface area contributed by atoms with E-state index in [1.807, 2.05) is 0 Å². The lowest BCUT2D eigenvalue weighted by Crippen LogP contribution is -2.25. The molecule has 0 saturated carbocycles. The van der Waals surface area contributed by atoms with E-state index in [1.54, 1.807) is 0 Å². The van der Waals surface area contributed by atoms with Gasteiger partial charge in [-0.05, 0) is 102 Å². The van der Waals surface area contributed by atoms with Crippen molar-refractivity contribution in [3.05, 3.63) is 24.3 Å². The van der Waals surface area contributed by atoms with Crippen molar-refractivity contribution in [2.45, 2.75) is 195 Å². The van der Waals surface area contributed by atoms with E-state index in [1.165, 1.54) is 0 Å². The highest BCUT2D eigenvalue weighted by Gasteiger charge is 2.14. The zero-order chi connectivity index (χ0) is 34.5. The molecule has 0 radical (unpaired) electrons. The number of rotatable bonds is 38. The number of ether oxygens (including phenoxy) is 7. The van der Waals surface area contributed by atoms with Crippen LogP contribution in [-0.2, 0) is 33.2 Å². The first-order chi connectivity index (χ1) is 23.1. The fraction of sp³-hybridized carbons (Fsp3) is 0.900. The van der Waals surface area contributed by atoms with E-state index in [0.29, 0.717) is 13.2 Å². The van der Waals surface area contributed by atoms with Crippen LogP contribution < -0.4 is 0 Å². The van der Waals surface area contributed by atoms with Gasteiger partial charge in [0, 0.05) is 26.4 Å². The first-order valence-corrected chi connectivity index (χ1v) is 19.8. The topological polar surface area (TPSA) is 64.6 Å². The van der Waals surface area contributed by atoms with Crippen LogP contribution in [0.4, 0.5) is 0 Å². The van der Waals surface area contributed by atoms with Crippen molar-refractivity contribution in [1.29, 1.82) is 0 Å². The van der Waals surface area contributed by atoms with Gasteiger partial charge < -0.3 is 33.2 Å². The van der Waals surface area contributed by atoms with Crippen LogP contribution in [0.3, 0.4) is 0 Å². The zero-order valence-electron chi connectivity index (χ0n) is 31.9. The van der Waals surface area contributed by atoms with E-state index >= 15 is 0 Å². The molecule has 0 aliphatic rings. The second kappa shape index (κ2) is 38.0. The van der Waals surface area contributed by atoms with E-state index in [9.17, 15) is 0 Å². The van der Waals surface area contributed by atoms with Gasteiger partial charge in [-0.15, -0.1) is 0 Å². The van der Waals surface area contributed by atoms with Crippen molar-refractivity contribution in [2.75, 3.05) is 39.6 Å². The lowest BCUT2D eigenvalue weighted by atomic mass is 10.2. The third kappa shape index (κ3) is 32.2. The fourth-order valence-electron chi connectivity index (χ4n) is 4.53. The Morgan fingerprint density at radius 2 is 0.660 bits per heavy atom. The van der Waals surface area contributed by atoms with Gasteiger partial charge in [-0.2, -0.15) is 0 Å². The molecule has 0 bridgehead atoms. The average molecular weight is 671 g/mol. The summed E-state index contributed by atoms with van der Waals surface area (Å²) in [6.45, 7) is 17.6. The molecule has 0 aliphatic carbocycles. The Morgan fingerprint density at radius 3 is 0.957 bits per heavy atom. The second-order valence-electron chi connectivity index (χ2n) is 12.5. The third-order valence-corrected chi connectivity index (χ3v) is 7.74. The van der Waals surface area contributed by atoms with E-state index in [0.717, 1.165) is 155 Å². The van der Waals surface area contributed by atoms with Crippen LogP contribution in [0.1, 0.15) is 170 Å². The van der Waals surface area contributed by atoms with E-state index in [2.05, 4.69) is 65.8 Å². The number of allylic oxidation sites excluding steroid dienone is 2. The SMILES string of the molecule is CCCCOC(C=CCCCCC(OCCCC)OCCCC)OC(C=CCCCCC(OCCCC)OCCCC)OCCCC. The third-order valence-electron chi connectivity index (χ3n) is 7.74. The summed E-state index contributed by atoms with van der Waals surface area (Å²) in [5.41, 5.74) is 0. The molecule has 0 aromatic carbocycles. The van der Waals surface area contributed by atoms with E-state index < -0.39 is 12.6 Å². The molecular weight excluding hydrogens is 592 g/mol. The van der Waals surface area contributed by atoms with Gasteiger partial charge in [0.05, 0.1) is 13.2 Å². The van der Waals surface area contributed by atoms with Crippen LogP contribution in [-0.4, -0.2) is 64.8 Å². The molecule has 0 rings (SSSR count). The minimum absolute atomic E-state index is 0.0852. The standard InChI is InChI=1S/C40H78O7/c1-7-13-31-41-37(42-32-14-8-2)27-23-19-21-25-29-39(45-35-17-11-5)47-40(46-36-18-12-6)30-26-22-20-24-28-38(43-33-15-9-3)44-34-16-10-4/h25-26,29-30,37-40H,7-24,27-28,31-36H2,1-6H3. The van der Waals surface area contributed by atoms with Crippen molar-refractivity contribution in [3.63, 3.8) is 0 Å². The van der Waals surface area contributed by atoms with Crippen molar-refractivity contribution in [2.24, 2.45) is 0 Å². The highest BCUT2D eigenvalue weighted by Crippen LogP contribution is 2.15. The Labute approximate surface area is 291 Å². The maximum atomic E-state index is 6.35. The summed E-state index contributed by atoms with van der Waals surface area (Å²) in [5, 5.41) is 0. The summed E-state index contributed by atoms with van der Waals surface area (Å²) in [7, 11) is 0. The maximum Gasteiger partial charge on any atom is 0.180 e. The quantitative estimate of drug-likeness (QED) is 0.0368. The molecule has 7 heteroatoms. The Bertz CT molecular complexity index is 582. The summed E-state index contributed by atoms with van der Waals surface area (Å²) in [6, 6.07) is 0. The van der Waals surface area contributed by atoms with Gasteiger partial charge in [0.2, 0.25) is 0 Å². The Hall–Kier alpha value is -0.800. The minimum Gasteiger partial charge on any atom is -0.353 e. The lowest BCUT2D eigenvalue weighted by molar-refractivity contribution is -0.208. The summed E-state index contributed by atoms with van der Waals surface area (Å²) in [5.74, 6) is 0. The van der Waals surface area contributed by atoms with Crippen molar-refractivity contribution >= 4 is 0 Å². The number of hydrogen-bond donors (Lipinski definition) is 0. The summed E-state index contributed by atoms with van der Waals surface area (Å²) < 4.78 is 42.6. The van der Waals surface area contributed by atoms with Crippen LogP contribution >= 0.6 is 0 Å². The molecule has 0 heterocycles. The lowest BCUT2D eigenvalue weighted by Gasteiger charge is -2.21. The van der Waals surface area contributed by atoms with Crippen LogP contribution in [0.2, 0.25) is 0 Å². The van der Waals surface area contributed by atoms with Crippen LogP contribution in [0.25, 0.3) is 0 Å². The molecule has 2 atom stereocenters. The normalized spacial score (nSPS) is 13.6. The highest BCUT2D eigenvalue weighted by atomic mass is 16.8. The van der Waals surface area contributed by atoms with Crippen molar-refractivity contribution in [3.8, 4) is 0 Å². The second-order valence-corrected chi connectivity index (χ2v) is 12.5. The first kappa shape index (κ1) is 46.2. The minimum atomic E-state index is -0.429. The van der Waals surface area contributed by atoms with Gasteiger partial charge in [-0.25, -0.2) is 0 Å². The molecule has 47 heavy (non-hydrogen) atoms. The van der Waals surface area contributed by atoms with Crippen molar-refractivity contribution in [1.82, 2.24) is 0 Å². The van der Waals surface area contributed by atoms with Gasteiger partial charge in [0.15, 0.2) is 25.2 Å². The van der Waals surface area contributed by atoms with Crippen LogP contribution in [0.15, 0.2) is 24.3 Å². The highest BCUT2D eigenvalue weighted by molar-refractivity contribution is 4.89. The Morgan fingerprint density at radius 1 is 0.362 bits per heavy atom. The first-order valence-electron chi connectivity index (χ1n) is 19.8. The zero-order valence-corrected chi connectivity index (χ0v) is 31.9. The van der Waals surface area contributed by atoms with Crippen LogP contribution in [0.5, 0.6) is 0 Å². The fourth-order valence-corrected chi connectivity index (χ4v) is 4.53. The van der Waals surface area contributed by atoms with Crippen molar-refractivity contribution < 1.29 is 33.2 Å². The maximum absolute atomic E-state index is 6.35. The smallest absolute Gasteiger partial charge is 0.180 e.